The lowest BCUT2D eigenvalue weighted by Gasteiger charge is -2.14. The maximum Gasteiger partial charge on any atom is 0.326 e. The van der Waals surface area contributed by atoms with Crippen LogP contribution in [0.25, 0.3) is 0 Å². The summed E-state index contributed by atoms with van der Waals surface area (Å²) in [7, 11) is 0. The Balaban J connectivity index is 2.10. The minimum atomic E-state index is -1.14. The number of carbonyl (C=O) groups excluding carboxylic acids is 1. The van der Waals surface area contributed by atoms with Crippen LogP contribution in [0.1, 0.15) is 16.1 Å². The molecular weight excluding hydrogens is 296 g/mol. The molecule has 0 bridgehead atoms. The topological polar surface area (TPSA) is 121 Å². The second-order valence-electron chi connectivity index (χ2n) is 4.38. The summed E-state index contributed by atoms with van der Waals surface area (Å²) >= 11 is 5.84. The van der Waals surface area contributed by atoms with Gasteiger partial charge in [0.15, 0.2) is 0 Å². The number of aromatic nitrogens is 2. The summed E-state index contributed by atoms with van der Waals surface area (Å²) in [6.45, 7) is 0. The number of H-pyrrole nitrogens is 1. The van der Waals surface area contributed by atoms with E-state index in [1.165, 1.54) is 30.7 Å². The molecule has 0 aliphatic rings. The molecule has 0 aliphatic heterocycles. The number of anilines is 1. The van der Waals surface area contributed by atoms with Crippen molar-refractivity contribution in [2.24, 2.45) is 0 Å². The Morgan fingerprint density at radius 2 is 2.24 bits per heavy atom. The van der Waals surface area contributed by atoms with Crippen molar-refractivity contribution in [3.05, 3.63) is 47.0 Å². The number of imidazole rings is 1. The number of aliphatic carboxylic acids is 1. The zero-order chi connectivity index (χ0) is 15.4. The summed E-state index contributed by atoms with van der Waals surface area (Å²) in [5, 5.41) is 11.8. The van der Waals surface area contributed by atoms with Gasteiger partial charge in [0.1, 0.15) is 6.04 Å². The zero-order valence-electron chi connectivity index (χ0n) is 10.8. The van der Waals surface area contributed by atoms with E-state index in [1.807, 2.05) is 0 Å². The van der Waals surface area contributed by atoms with E-state index in [2.05, 4.69) is 15.3 Å². The first kappa shape index (κ1) is 14.9. The molecule has 0 saturated heterocycles. The van der Waals surface area contributed by atoms with Crippen LogP contribution in [0.2, 0.25) is 5.02 Å². The maximum atomic E-state index is 12.1. The first-order chi connectivity index (χ1) is 9.97. The molecule has 7 nitrogen and oxygen atoms in total. The second kappa shape index (κ2) is 6.27. The van der Waals surface area contributed by atoms with Gasteiger partial charge in [-0.15, -0.1) is 0 Å². The summed E-state index contributed by atoms with van der Waals surface area (Å²) in [6.07, 6.45) is 3.04. The Labute approximate surface area is 125 Å². The Morgan fingerprint density at radius 3 is 2.81 bits per heavy atom. The molecule has 1 aromatic heterocycles. The number of nitrogens with two attached hydrogens (primary N) is 1. The number of hydrogen-bond acceptors (Lipinski definition) is 4. The average molecular weight is 309 g/mol. The lowest BCUT2D eigenvalue weighted by Crippen LogP contribution is -2.42. The van der Waals surface area contributed by atoms with Crippen LogP contribution in [0.5, 0.6) is 0 Å². The van der Waals surface area contributed by atoms with Crippen molar-refractivity contribution in [1.82, 2.24) is 15.3 Å². The van der Waals surface area contributed by atoms with Crippen LogP contribution in [0.15, 0.2) is 30.7 Å². The first-order valence-corrected chi connectivity index (χ1v) is 6.41. The first-order valence-electron chi connectivity index (χ1n) is 6.03. The van der Waals surface area contributed by atoms with Crippen molar-refractivity contribution in [2.45, 2.75) is 12.5 Å². The minimum Gasteiger partial charge on any atom is -0.480 e. The van der Waals surface area contributed by atoms with Gasteiger partial charge in [-0.05, 0) is 18.2 Å². The van der Waals surface area contributed by atoms with Crippen LogP contribution >= 0.6 is 11.6 Å². The Kier molecular flexibility index (Phi) is 4.44. The molecule has 1 atom stereocenters. The number of carboxylic acids is 1. The second-order valence-corrected chi connectivity index (χ2v) is 4.79. The van der Waals surface area contributed by atoms with Gasteiger partial charge in [-0.2, -0.15) is 0 Å². The van der Waals surface area contributed by atoms with E-state index < -0.39 is 17.9 Å². The van der Waals surface area contributed by atoms with Crippen LogP contribution in [-0.2, 0) is 11.2 Å². The molecule has 0 unspecified atom stereocenters. The molecule has 0 saturated carbocycles. The van der Waals surface area contributed by atoms with E-state index in [0.29, 0.717) is 11.4 Å². The van der Waals surface area contributed by atoms with Gasteiger partial charge < -0.3 is 21.1 Å². The van der Waals surface area contributed by atoms with E-state index in [0.717, 1.165) is 0 Å². The summed E-state index contributed by atoms with van der Waals surface area (Å²) in [6, 6.07) is 3.28. The minimum absolute atomic E-state index is 0.101. The van der Waals surface area contributed by atoms with E-state index in [9.17, 15) is 14.7 Å². The number of aromatic amines is 1. The van der Waals surface area contributed by atoms with Gasteiger partial charge in [0.2, 0.25) is 0 Å². The molecule has 1 amide bonds. The third-order valence-electron chi connectivity index (χ3n) is 2.84. The number of nitrogens with zero attached hydrogens (tertiary/aromatic N) is 1. The number of rotatable bonds is 5. The van der Waals surface area contributed by atoms with Crippen molar-refractivity contribution >= 4 is 29.2 Å². The van der Waals surface area contributed by atoms with Crippen LogP contribution in [0.3, 0.4) is 0 Å². The fourth-order valence-corrected chi connectivity index (χ4v) is 1.91. The van der Waals surface area contributed by atoms with E-state index >= 15 is 0 Å². The highest BCUT2D eigenvalue weighted by Gasteiger charge is 2.22. The van der Waals surface area contributed by atoms with Gasteiger partial charge >= 0.3 is 5.97 Å². The molecule has 1 aromatic carbocycles. The van der Waals surface area contributed by atoms with Crippen molar-refractivity contribution < 1.29 is 14.7 Å². The standard InChI is InChI=1S/C13H13ClN4O3/c14-9-3-7(1-2-10(9)15)12(19)18-11(13(20)21)4-8-5-16-6-17-8/h1-3,5-6,11H,4,15H2,(H,16,17)(H,18,19)(H,20,21)/t11-/m1/s1. The number of nitrogen functional groups attached to an aromatic ring is 1. The SMILES string of the molecule is Nc1ccc(C(=O)N[C@H](Cc2cnc[nH]2)C(=O)O)cc1Cl. The van der Waals surface area contributed by atoms with Crippen LogP contribution in [0.4, 0.5) is 5.69 Å². The molecule has 0 radical (unpaired) electrons. The third kappa shape index (κ3) is 3.73. The van der Waals surface area contributed by atoms with Crippen LogP contribution in [0, 0.1) is 0 Å². The summed E-state index contributed by atoms with van der Waals surface area (Å²) in [5.41, 5.74) is 6.76. The van der Waals surface area contributed by atoms with Crippen LogP contribution < -0.4 is 11.1 Å². The highest BCUT2D eigenvalue weighted by molar-refractivity contribution is 6.33. The number of halogens is 1. The quantitative estimate of drug-likeness (QED) is 0.616. The van der Waals surface area contributed by atoms with Gasteiger partial charge in [-0.1, -0.05) is 11.6 Å². The maximum absolute atomic E-state index is 12.1. The average Bonchev–Trinajstić information content (AvgIpc) is 2.93. The molecule has 0 aliphatic carbocycles. The highest BCUT2D eigenvalue weighted by Crippen LogP contribution is 2.19. The highest BCUT2D eigenvalue weighted by atomic mass is 35.5. The summed E-state index contributed by atoms with van der Waals surface area (Å²) in [4.78, 5) is 29.9. The Bertz CT molecular complexity index is 657. The third-order valence-corrected chi connectivity index (χ3v) is 3.17. The predicted octanol–water partition coefficient (Wildman–Crippen LogP) is 1.07. The van der Waals surface area contributed by atoms with Crippen molar-refractivity contribution in [3.8, 4) is 0 Å². The van der Waals surface area contributed by atoms with Crippen LogP contribution in [-0.4, -0.2) is 33.0 Å². The van der Waals surface area contributed by atoms with Gasteiger partial charge in [0.25, 0.3) is 5.91 Å². The number of nitrogens with one attached hydrogen (secondary N) is 2. The largest absolute Gasteiger partial charge is 0.480 e. The fraction of sp³-hybridized carbons (Fsp3) is 0.154. The molecule has 1 heterocycles. The van der Waals surface area contributed by atoms with E-state index in [1.54, 1.807) is 0 Å². The molecule has 110 valence electrons. The van der Waals surface area contributed by atoms with Crippen molar-refractivity contribution in [3.63, 3.8) is 0 Å². The summed E-state index contributed by atoms with van der Waals surface area (Å²) in [5.74, 6) is -1.68. The number of carbonyl (C=O) groups is 2. The molecule has 8 heteroatoms. The molecule has 2 aromatic rings. The fourth-order valence-electron chi connectivity index (χ4n) is 1.73. The van der Waals surface area contributed by atoms with Gasteiger partial charge in [0, 0.05) is 23.9 Å². The lowest BCUT2D eigenvalue weighted by atomic mass is 10.1. The Hall–Kier alpha value is -2.54. The summed E-state index contributed by atoms with van der Waals surface area (Å²) < 4.78 is 0. The van der Waals surface area contributed by atoms with Crippen molar-refractivity contribution in [2.75, 3.05) is 5.73 Å². The van der Waals surface area contributed by atoms with E-state index in [4.69, 9.17) is 17.3 Å². The molecule has 21 heavy (non-hydrogen) atoms. The van der Waals surface area contributed by atoms with Crippen molar-refractivity contribution in [1.29, 1.82) is 0 Å². The van der Waals surface area contributed by atoms with Gasteiger partial charge in [-0.25, -0.2) is 9.78 Å². The van der Waals surface area contributed by atoms with Gasteiger partial charge in [-0.3, -0.25) is 4.79 Å². The van der Waals surface area contributed by atoms with Gasteiger partial charge in [0.05, 0.1) is 17.0 Å². The zero-order valence-corrected chi connectivity index (χ0v) is 11.6. The number of amides is 1. The Morgan fingerprint density at radius 1 is 1.48 bits per heavy atom. The molecular formula is C13H13ClN4O3. The predicted molar refractivity (Wildman–Crippen MR) is 77.0 cm³/mol. The normalized spacial score (nSPS) is 11.9. The number of carboxylic acid groups (broad SMARTS) is 1. The van der Waals surface area contributed by atoms with E-state index in [-0.39, 0.29) is 17.0 Å². The monoisotopic (exact) mass is 308 g/mol. The number of hydrogen-bond donors (Lipinski definition) is 4. The molecule has 5 N–H and O–H groups in total. The number of benzene rings is 1. The smallest absolute Gasteiger partial charge is 0.326 e. The molecule has 2 rings (SSSR count). The molecule has 0 spiro atoms. The molecule has 0 fully saturated rings. The lowest BCUT2D eigenvalue weighted by molar-refractivity contribution is -0.139.